The van der Waals surface area contributed by atoms with E-state index in [4.69, 9.17) is 9.26 Å². The number of aryl methyl sites for hydroxylation is 1. The van der Waals surface area contributed by atoms with E-state index in [1.165, 1.54) is 0 Å². The molecule has 2 unspecified atom stereocenters. The topological polar surface area (TPSA) is 102 Å². The minimum atomic E-state index is -2.92. The van der Waals surface area contributed by atoms with Crippen LogP contribution in [0.2, 0.25) is 0 Å². The number of fused-ring (bicyclic) bond motifs is 3. The zero-order chi connectivity index (χ0) is 26.3. The predicted octanol–water partition coefficient (Wildman–Crippen LogP) is 3.65. The van der Waals surface area contributed by atoms with E-state index in [9.17, 15) is 23.5 Å². The number of quaternary nitrogens is 1. The SMILES string of the molecule is CCc1cc(NC(=O)C[N+]23CCC(CC2)C(OC(=O)[C@](O)(c2ccccc2)C2CCC(F)(F)C2)C3)no1. The highest BCUT2D eigenvalue weighted by molar-refractivity contribution is 5.90. The van der Waals surface area contributed by atoms with Gasteiger partial charge in [-0.05, 0) is 12.0 Å². The quantitative estimate of drug-likeness (QED) is 0.409. The molecule has 2 N–H and O–H groups in total. The Morgan fingerprint density at radius 1 is 1.24 bits per heavy atom. The predicted molar refractivity (Wildman–Crippen MR) is 129 cm³/mol. The van der Waals surface area contributed by atoms with Crippen LogP contribution >= 0.6 is 0 Å². The second-order valence-electron chi connectivity index (χ2n) is 10.9. The maximum atomic E-state index is 14.1. The lowest BCUT2D eigenvalue weighted by atomic mass is 9.79. The van der Waals surface area contributed by atoms with Gasteiger partial charge in [0.15, 0.2) is 24.1 Å². The molecular formula is C27H34F2N3O5+. The summed E-state index contributed by atoms with van der Waals surface area (Å²) in [5, 5.41) is 18.3. The second-order valence-corrected chi connectivity index (χ2v) is 10.9. The largest absolute Gasteiger partial charge is 0.454 e. The number of carbonyl (C=O) groups is 2. The van der Waals surface area contributed by atoms with Crippen molar-refractivity contribution in [3.63, 3.8) is 0 Å². The van der Waals surface area contributed by atoms with Gasteiger partial charge >= 0.3 is 5.97 Å². The molecule has 3 saturated heterocycles. The molecule has 37 heavy (non-hydrogen) atoms. The van der Waals surface area contributed by atoms with Gasteiger partial charge in [-0.15, -0.1) is 0 Å². The molecule has 200 valence electrons. The van der Waals surface area contributed by atoms with Gasteiger partial charge in [-0.3, -0.25) is 4.79 Å². The molecule has 10 heteroatoms. The number of aliphatic hydroxyl groups is 1. The number of hydrogen-bond acceptors (Lipinski definition) is 6. The number of rotatable bonds is 8. The standard InChI is InChI=1S/C27H33F2N3O5/c1-2-21-14-23(31-37-21)30-24(33)17-32-12-9-18(10-13-32)22(16-32)36-25(34)27(35,19-6-4-3-5-7-19)20-8-11-26(28,29)15-20/h3-7,14,18,20,22,35H,2,8-13,15-17H2,1H3/p+1/t18?,20?,22?,27-,32?/m0/s1. The number of aromatic nitrogens is 1. The Morgan fingerprint density at radius 3 is 2.59 bits per heavy atom. The van der Waals surface area contributed by atoms with Crippen molar-refractivity contribution in [1.29, 1.82) is 0 Å². The summed E-state index contributed by atoms with van der Waals surface area (Å²) in [6, 6.07) is 9.95. The normalized spacial score (nSPS) is 30.0. The molecule has 8 nitrogen and oxygen atoms in total. The average Bonchev–Trinajstić information content (AvgIpc) is 3.49. The molecule has 4 aliphatic rings. The third-order valence-corrected chi connectivity index (χ3v) is 8.47. The Morgan fingerprint density at radius 2 is 1.97 bits per heavy atom. The Balaban J connectivity index is 1.30. The van der Waals surface area contributed by atoms with Crippen LogP contribution in [0.15, 0.2) is 40.9 Å². The molecule has 0 spiro atoms. The van der Waals surface area contributed by atoms with Crippen LogP contribution in [0.4, 0.5) is 14.6 Å². The van der Waals surface area contributed by atoms with Gasteiger partial charge in [0, 0.05) is 50.0 Å². The molecular weight excluding hydrogens is 484 g/mol. The van der Waals surface area contributed by atoms with Crippen LogP contribution in [0.25, 0.3) is 0 Å². The van der Waals surface area contributed by atoms with Crippen LogP contribution < -0.4 is 5.32 Å². The molecule has 2 bridgehead atoms. The van der Waals surface area contributed by atoms with Crippen molar-refractivity contribution in [2.24, 2.45) is 11.8 Å². The first kappa shape index (κ1) is 25.8. The van der Waals surface area contributed by atoms with Gasteiger partial charge in [-0.1, -0.05) is 42.4 Å². The molecule has 1 aliphatic carbocycles. The van der Waals surface area contributed by atoms with Crippen LogP contribution in [0.1, 0.15) is 50.4 Å². The van der Waals surface area contributed by atoms with E-state index < -0.39 is 35.9 Å². The number of halogens is 2. The number of esters is 1. The summed E-state index contributed by atoms with van der Waals surface area (Å²) in [5.41, 5.74) is -1.88. The number of carbonyl (C=O) groups excluding carboxylic acids is 2. The van der Waals surface area contributed by atoms with Gasteiger partial charge in [0.1, 0.15) is 12.3 Å². The van der Waals surface area contributed by atoms with Crippen molar-refractivity contribution in [2.75, 3.05) is 31.5 Å². The Bertz CT molecular complexity index is 1130. The zero-order valence-electron chi connectivity index (χ0n) is 21.0. The van der Waals surface area contributed by atoms with Crippen molar-refractivity contribution >= 4 is 17.7 Å². The number of hydrogen-bond donors (Lipinski definition) is 2. The highest BCUT2D eigenvalue weighted by Gasteiger charge is 2.56. The summed E-state index contributed by atoms with van der Waals surface area (Å²) in [5.74, 6) is -3.78. The van der Waals surface area contributed by atoms with Gasteiger partial charge in [-0.25, -0.2) is 13.6 Å². The van der Waals surface area contributed by atoms with E-state index in [2.05, 4.69) is 10.5 Å². The van der Waals surface area contributed by atoms with Crippen molar-refractivity contribution in [3.8, 4) is 0 Å². The highest BCUT2D eigenvalue weighted by atomic mass is 19.3. The molecule has 1 aromatic carbocycles. The van der Waals surface area contributed by atoms with Gasteiger partial charge in [0.05, 0.1) is 13.1 Å². The summed E-state index contributed by atoms with van der Waals surface area (Å²) in [4.78, 5) is 26.4. The van der Waals surface area contributed by atoms with Crippen molar-refractivity contribution < 1.29 is 37.2 Å². The molecule has 2 aromatic rings. The summed E-state index contributed by atoms with van der Waals surface area (Å²) in [7, 11) is 0. The third kappa shape index (κ3) is 5.13. The Kier molecular flexibility index (Phi) is 6.83. The maximum absolute atomic E-state index is 14.1. The lowest BCUT2D eigenvalue weighted by Crippen LogP contribution is -2.66. The minimum absolute atomic E-state index is 0.0313. The monoisotopic (exact) mass is 518 g/mol. The van der Waals surface area contributed by atoms with Crippen LogP contribution in [-0.4, -0.2) is 64.8 Å². The summed E-state index contributed by atoms with van der Waals surface area (Å²) >= 11 is 0. The van der Waals surface area contributed by atoms with Gasteiger partial charge in [0.2, 0.25) is 5.92 Å². The number of amides is 1. The highest BCUT2D eigenvalue weighted by Crippen LogP contribution is 2.48. The summed E-state index contributed by atoms with van der Waals surface area (Å²) in [6.07, 6.45) is 0.824. The van der Waals surface area contributed by atoms with Crippen LogP contribution in [0, 0.1) is 11.8 Å². The second kappa shape index (κ2) is 9.79. The van der Waals surface area contributed by atoms with E-state index in [1.54, 1.807) is 36.4 Å². The maximum Gasteiger partial charge on any atom is 0.343 e. The van der Waals surface area contributed by atoms with Gasteiger partial charge in [0.25, 0.3) is 5.91 Å². The van der Waals surface area contributed by atoms with E-state index in [0.29, 0.717) is 29.0 Å². The molecule has 1 aromatic heterocycles. The smallest absolute Gasteiger partial charge is 0.343 e. The van der Waals surface area contributed by atoms with E-state index in [1.807, 2.05) is 6.92 Å². The van der Waals surface area contributed by atoms with E-state index >= 15 is 0 Å². The average molecular weight is 519 g/mol. The molecule has 1 amide bonds. The first-order valence-corrected chi connectivity index (χ1v) is 13.1. The van der Waals surface area contributed by atoms with Crippen molar-refractivity contribution in [1.82, 2.24) is 5.16 Å². The van der Waals surface area contributed by atoms with E-state index in [0.717, 1.165) is 25.9 Å². The summed E-state index contributed by atoms with van der Waals surface area (Å²) < 4.78 is 39.8. The van der Waals surface area contributed by atoms with Crippen LogP contribution in [0.5, 0.6) is 0 Å². The number of piperidine rings is 3. The fraction of sp³-hybridized carbons (Fsp3) is 0.593. The zero-order valence-corrected chi connectivity index (χ0v) is 21.0. The molecule has 0 radical (unpaired) electrons. The Labute approximate surface area is 214 Å². The van der Waals surface area contributed by atoms with E-state index in [-0.39, 0.29) is 36.8 Å². The Hall–Kier alpha value is -2.85. The first-order chi connectivity index (χ1) is 17.6. The first-order valence-electron chi connectivity index (χ1n) is 13.1. The van der Waals surface area contributed by atoms with Gasteiger partial charge < -0.3 is 24.2 Å². The minimum Gasteiger partial charge on any atom is -0.454 e. The number of benzene rings is 1. The fourth-order valence-electron chi connectivity index (χ4n) is 6.35. The van der Waals surface area contributed by atoms with Gasteiger partial charge in [-0.2, -0.15) is 0 Å². The van der Waals surface area contributed by atoms with Crippen molar-refractivity contribution in [2.45, 2.75) is 63.1 Å². The molecule has 3 atom stereocenters. The molecule has 6 rings (SSSR count). The third-order valence-electron chi connectivity index (χ3n) is 8.47. The number of alkyl halides is 2. The lowest BCUT2D eigenvalue weighted by molar-refractivity contribution is -0.939. The number of anilines is 1. The molecule has 1 saturated carbocycles. The molecule has 4 fully saturated rings. The molecule has 3 aliphatic heterocycles. The molecule has 4 heterocycles. The van der Waals surface area contributed by atoms with Crippen molar-refractivity contribution in [3.05, 3.63) is 47.7 Å². The van der Waals surface area contributed by atoms with Crippen LogP contribution in [0.3, 0.4) is 0 Å². The fourth-order valence-corrected chi connectivity index (χ4v) is 6.35. The number of nitrogens with one attached hydrogen (secondary N) is 1. The summed E-state index contributed by atoms with van der Waals surface area (Å²) in [6.45, 7) is 4.13. The number of ether oxygens (including phenoxy) is 1. The number of nitrogens with zero attached hydrogens (tertiary/aromatic N) is 2. The van der Waals surface area contributed by atoms with Crippen LogP contribution in [-0.2, 0) is 26.3 Å². The lowest BCUT2D eigenvalue weighted by Gasteiger charge is -2.51.